The number of aromatic nitrogens is 1. The molecule has 1 aromatic rings. The maximum atomic E-state index is 13.2. The molecule has 5 aliphatic rings. The van der Waals surface area contributed by atoms with Crippen molar-refractivity contribution in [2.75, 3.05) is 25.0 Å². The summed E-state index contributed by atoms with van der Waals surface area (Å²) in [5, 5.41) is 10.1. The van der Waals surface area contributed by atoms with Gasteiger partial charge in [-0.25, -0.2) is 4.98 Å². The zero-order valence-electron chi connectivity index (χ0n) is 18.0. The number of likely N-dealkylation sites (tertiary alicyclic amines) is 1. The summed E-state index contributed by atoms with van der Waals surface area (Å²) in [5.74, 6) is 1.03. The van der Waals surface area contributed by atoms with Crippen molar-refractivity contribution >= 4 is 17.6 Å². The van der Waals surface area contributed by atoms with Gasteiger partial charge in [-0.15, -0.1) is 0 Å². The Hall–Kier alpha value is -2.15. The van der Waals surface area contributed by atoms with Crippen molar-refractivity contribution in [2.24, 2.45) is 17.3 Å². The third-order valence-corrected chi connectivity index (χ3v) is 8.27. The van der Waals surface area contributed by atoms with E-state index in [0.29, 0.717) is 17.4 Å². The lowest BCUT2D eigenvalue weighted by Crippen LogP contribution is -2.70. The Labute approximate surface area is 178 Å². The van der Waals surface area contributed by atoms with Gasteiger partial charge in [0.05, 0.1) is 5.56 Å². The number of likely N-dealkylation sites (N-methyl/N-ethyl adjacent to an activating group) is 1. The lowest BCUT2D eigenvalue weighted by atomic mass is 9.51. The van der Waals surface area contributed by atoms with Gasteiger partial charge in [-0.05, 0) is 69.2 Å². The second kappa shape index (κ2) is 7.22. The number of anilines is 1. The molecule has 2 bridgehead atoms. The molecule has 3 N–H and O–H groups in total. The minimum Gasteiger partial charge on any atom is -0.354 e. The predicted molar refractivity (Wildman–Crippen MR) is 115 cm³/mol. The molecule has 1 saturated heterocycles. The molecule has 4 fully saturated rings. The van der Waals surface area contributed by atoms with E-state index in [4.69, 9.17) is 0 Å². The topological polar surface area (TPSA) is 86.4 Å². The normalized spacial score (nSPS) is 37.5. The number of amides is 2. The highest BCUT2D eigenvalue weighted by atomic mass is 16.2. The van der Waals surface area contributed by atoms with E-state index in [2.05, 4.69) is 39.7 Å². The minimum atomic E-state index is -0.493. The number of rotatable bonds is 4. The van der Waals surface area contributed by atoms with Crippen LogP contribution in [0.3, 0.4) is 0 Å². The van der Waals surface area contributed by atoms with E-state index in [1.807, 2.05) is 0 Å². The van der Waals surface area contributed by atoms with Crippen LogP contribution in [-0.2, 0) is 4.79 Å². The molecular formula is C23H33N5O2. The number of nitrogens with one attached hydrogen (secondary N) is 3. The van der Waals surface area contributed by atoms with E-state index in [9.17, 15) is 9.59 Å². The Bertz CT molecular complexity index is 860. The lowest BCUT2D eigenvalue weighted by Gasteiger charge is -2.60. The molecule has 0 aromatic carbocycles. The lowest BCUT2D eigenvalue weighted by molar-refractivity contribution is -0.139. The van der Waals surface area contributed by atoms with Gasteiger partial charge in [0.2, 0.25) is 5.91 Å². The minimum absolute atomic E-state index is 0.00202. The van der Waals surface area contributed by atoms with Gasteiger partial charge in [-0.3, -0.25) is 14.5 Å². The number of pyridine rings is 1. The van der Waals surface area contributed by atoms with Crippen molar-refractivity contribution < 1.29 is 9.59 Å². The SMILES string of the molecule is CCN1CCCC1CNC(=O)C1CC2CCC1(C)CC21NC(=O)c2cccnc2N1. The molecule has 162 valence electrons. The fourth-order valence-electron chi connectivity index (χ4n) is 6.61. The Kier molecular flexibility index (Phi) is 4.76. The van der Waals surface area contributed by atoms with Gasteiger partial charge in [0.15, 0.2) is 0 Å². The number of carbonyl (C=O) groups is 2. The Balaban J connectivity index is 1.31. The highest BCUT2D eigenvalue weighted by molar-refractivity contribution is 6.01. The van der Waals surface area contributed by atoms with Crippen LogP contribution in [0.25, 0.3) is 0 Å². The zero-order chi connectivity index (χ0) is 20.9. The van der Waals surface area contributed by atoms with E-state index in [0.717, 1.165) is 45.3 Å². The maximum Gasteiger partial charge on any atom is 0.256 e. The first-order chi connectivity index (χ1) is 14.4. The molecular weight excluding hydrogens is 378 g/mol. The molecule has 7 heteroatoms. The standard InChI is InChI=1S/C23H33N5O2/c1-3-28-11-5-6-16(28)13-25-21(30)18-12-15-8-9-22(18,2)14-23(15)26-19-17(20(29)27-23)7-4-10-24-19/h4,7,10,15-16,18H,3,5-6,8-9,11-14H2,1-2H3,(H,24,26)(H,25,30)(H,27,29). The summed E-state index contributed by atoms with van der Waals surface area (Å²) in [5.41, 5.74) is -0.0286. The third-order valence-electron chi connectivity index (χ3n) is 8.27. The van der Waals surface area contributed by atoms with Crippen molar-refractivity contribution in [3.63, 3.8) is 0 Å². The first-order valence-corrected chi connectivity index (χ1v) is 11.5. The van der Waals surface area contributed by atoms with Crippen molar-refractivity contribution in [1.82, 2.24) is 20.5 Å². The van der Waals surface area contributed by atoms with Gasteiger partial charge in [-0.1, -0.05) is 13.8 Å². The van der Waals surface area contributed by atoms with Gasteiger partial charge in [0.1, 0.15) is 11.5 Å². The monoisotopic (exact) mass is 411 g/mol. The van der Waals surface area contributed by atoms with E-state index in [1.165, 1.54) is 12.8 Å². The molecule has 0 radical (unpaired) electrons. The number of hydrogen-bond donors (Lipinski definition) is 3. The van der Waals surface area contributed by atoms with Crippen LogP contribution in [0, 0.1) is 17.3 Å². The summed E-state index contributed by atoms with van der Waals surface area (Å²) in [6.45, 7) is 7.36. The molecule has 3 heterocycles. The first kappa shape index (κ1) is 19.8. The van der Waals surface area contributed by atoms with Crippen LogP contribution in [0.1, 0.15) is 62.7 Å². The van der Waals surface area contributed by atoms with Crippen molar-refractivity contribution in [3.8, 4) is 0 Å². The van der Waals surface area contributed by atoms with E-state index in [1.54, 1.807) is 18.3 Å². The van der Waals surface area contributed by atoms with Crippen LogP contribution in [0.15, 0.2) is 18.3 Å². The number of hydrogen-bond acceptors (Lipinski definition) is 5. The summed E-state index contributed by atoms with van der Waals surface area (Å²) in [6.07, 6.45) is 7.72. The van der Waals surface area contributed by atoms with Crippen molar-refractivity contribution in [3.05, 3.63) is 23.9 Å². The van der Waals surface area contributed by atoms with Gasteiger partial charge in [0, 0.05) is 30.6 Å². The van der Waals surface area contributed by atoms with Crippen LogP contribution in [0.5, 0.6) is 0 Å². The van der Waals surface area contributed by atoms with Crippen molar-refractivity contribution in [1.29, 1.82) is 0 Å². The van der Waals surface area contributed by atoms with Crippen LogP contribution in [0.2, 0.25) is 0 Å². The summed E-state index contributed by atoms with van der Waals surface area (Å²) in [6, 6.07) is 4.07. The maximum absolute atomic E-state index is 13.2. The molecule has 2 amide bonds. The summed E-state index contributed by atoms with van der Waals surface area (Å²) >= 11 is 0. The molecule has 30 heavy (non-hydrogen) atoms. The smallest absolute Gasteiger partial charge is 0.256 e. The summed E-state index contributed by atoms with van der Waals surface area (Å²) < 4.78 is 0. The number of fused-ring (bicyclic) bond motifs is 3. The fraction of sp³-hybridized carbons (Fsp3) is 0.696. The highest BCUT2D eigenvalue weighted by Gasteiger charge is 2.60. The Morgan fingerprint density at radius 2 is 2.23 bits per heavy atom. The molecule has 2 aliphatic heterocycles. The molecule has 1 aromatic heterocycles. The zero-order valence-corrected chi connectivity index (χ0v) is 18.0. The van der Waals surface area contributed by atoms with Gasteiger partial charge in [-0.2, -0.15) is 0 Å². The fourth-order valence-corrected chi connectivity index (χ4v) is 6.61. The van der Waals surface area contributed by atoms with E-state index in [-0.39, 0.29) is 29.1 Å². The second-order valence-corrected chi connectivity index (χ2v) is 9.97. The van der Waals surface area contributed by atoms with Crippen LogP contribution >= 0.6 is 0 Å². The van der Waals surface area contributed by atoms with E-state index >= 15 is 0 Å². The van der Waals surface area contributed by atoms with Gasteiger partial charge < -0.3 is 16.0 Å². The molecule has 3 saturated carbocycles. The quantitative estimate of drug-likeness (QED) is 0.708. The number of nitrogens with zero attached hydrogens (tertiary/aromatic N) is 2. The third kappa shape index (κ3) is 3.09. The average Bonchev–Trinajstić information content (AvgIpc) is 3.19. The number of carbonyl (C=O) groups excluding carboxylic acids is 2. The summed E-state index contributed by atoms with van der Waals surface area (Å²) in [4.78, 5) is 32.9. The molecule has 7 nitrogen and oxygen atoms in total. The van der Waals surface area contributed by atoms with Crippen molar-refractivity contribution in [2.45, 2.75) is 64.1 Å². The highest BCUT2D eigenvalue weighted by Crippen LogP contribution is 2.58. The molecule has 6 rings (SSSR count). The summed E-state index contributed by atoms with van der Waals surface area (Å²) in [7, 11) is 0. The predicted octanol–water partition coefficient (Wildman–Crippen LogP) is 2.36. The van der Waals surface area contributed by atoms with Gasteiger partial charge in [0.25, 0.3) is 5.91 Å². The Morgan fingerprint density at radius 3 is 3.03 bits per heavy atom. The molecule has 5 unspecified atom stereocenters. The van der Waals surface area contributed by atoms with Gasteiger partial charge >= 0.3 is 0 Å². The first-order valence-electron chi connectivity index (χ1n) is 11.5. The van der Waals surface area contributed by atoms with Crippen LogP contribution in [0.4, 0.5) is 5.82 Å². The van der Waals surface area contributed by atoms with E-state index < -0.39 is 5.66 Å². The average molecular weight is 412 g/mol. The Morgan fingerprint density at radius 1 is 1.37 bits per heavy atom. The molecule has 5 atom stereocenters. The van der Waals surface area contributed by atoms with Crippen LogP contribution < -0.4 is 16.0 Å². The van der Waals surface area contributed by atoms with Crippen LogP contribution in [-0.4, -0.2) is 53.0 Å². The molecule has 3 aliphatic carbocycles. The largest absolute Gasteiger partial charge is 0.354 e. The second-order valence-electron chi connectivity index (χ2n) is 9.97. The molecule has 1 spiro atoms.